The lowest BCUT2D eigenvalue weighted by Gasteiger charge is -2.14. The van der Waals surface area contributed by atoms with Gasteiger partial charge in [0.1, 0.15) is 0 Å². The Morgan fingerprint density at radius 2 is 1.77 bits per heavy atom. The molecular formula is C23H23ClN2O5. The number of imide groups is 1. The van der Waals surface area contributed by atoms with Gasteiger partial charge in [-0.05, 0) is 42.2 Å². The predicted molar refractivity (Wildman–Crippen MR) is 115 cm³/mol. The number of nitrogens with zero attached hydrogens (tertiary/aromatic N) is 1. The number of nitrogens with one attached hydrogen (secondary N) is 1. The second-order valence-corrected chi connectivity index (χ2v) is 8.06. The molecular weight excluding hydrogens is 420 g/mol. The van der Waals surface area contributed by atoms with E-state index >= 15 is 0 Å². The van der Waals surface area contributed by atoms with E-state index in [0.29, 0.717) is 23.9 Å². The van der Waals surface area contributed by atoms with Crippen molar-refractivity contribution >= 4 is 35.3 Å². The van der Waals surface area contributed by atoms with Crippen LogP contribution in [0.15, 0.2) is 42.5 Å². The number of rotatable bonds is 8. The van der Waals surface area contributed by atoms with Gasteiger partial charge < -0.3 is 10.1 Å². The fraction of sp³-hybridized carbons (Fsp3) is 0.304. The molecule has 1 aliphatic rings. The minimum atomic E-state index is -0.753. The molecule has 0 saturated carbocycles. The zero-order valence-electron chi connectivity index (χ0n) is 17.3. The van der Waals surface area contributed by atoms with Crippen LogP contribution in [-0.2, 0) is 16.1 Å². The molecule has 2 aromatic carbocycles. The molecule has 2 aromatic rings. The summed E-state index contributed by atoms with van der Waals surface area (Å²) in [5.41, 5.74) is 1.28. The van der Waals surface area contributed by atoms with Gasteiger partial charge in [-0.1, -0.05) is 43.6 Å². The van der Waals surface area contributed by atoms with E-state index in [2.05, 4.69) is 5.32 Å². The van der Waals surface area contributed by atoms with Crippen LogP contribution in [-0.4, -0.2) is 41.7 Å². The van der Waals surface area contributed by atoms with Crippen molar-refractivity contribution < 1.29 is 23.9 Å². The summed E-state index contributed by atoms with van der Waals surface area (Å²) in [7, 11) is 0. The van der Waals surface area contributed by atoms with Crippen LogP contribution in [0.5, 0.6) is 0 Å². The second-order valence-electron chi connectivity index (χ2n) is 7.65. The summed E-state index contributed by atoms with van der Waals surface area (Å²) in [6, 6.07) is 11.3. The van der Waals surface area contributed by atoms with Gasteiger partial charge in [0.15, 0.2) is 6.61 Å². The van der Waals surface area contributed by atoms with Gasteiger partial charge in [0.2, 0.25) is 0 Å². The molecule has 0 fully saturated rings. The molecule has 8 heteroatoms. The monoisotopic (exact) mass is 442 g/mol. The van der Waals surface area contributed by atoms with Crippen LogP contribution >= 0.6 is 11.6 Å². The number of fused-ring (bicyclic) bond motifs is 1. The van der Waals surface area contributed by atoms with Crippen molar-refractivity contribution in [3.05, 3.63) is 69.7 Å². The van der Waals surface area contributed by atoms with Crippen LogP contribution in [0, 0.1) is 5.92 Å². The Morgan fingerprint density at radius 3 is 2.48 bits per heavy atom. The third kappa shape index (κ3) is 5.30. The first kappa shape index (κ1) is 22.5. The predicted octanol–water partition coefficient (Wildman–Crippen LogP) is 3.46. The molecule has 0 radical (unpaired) electrons. The largest absolute Gasteiger partial charge is 0.452 e. The summed E-state index contributed by atoms with van der Waals surface area (Å²) >= 11 is 6.04. The minimum Gasteiger partial charge on any atom is -0.452 e. The number of benzene rings is 2. The molecule has 0 aliphatic carbocycles. The average Bonchev–Trinajstić information content (AvgIpc) is 2.99. The third-order valence-electron chi connectivity index (χ3n) is 4.90. The maximum absolute atomic E-state index is 12.6. The number of hydrogen-bond acceptors (Lipinski definition) is 5. The van der Waals surface area contributed by atoms with Crippen LogP contribution in [0.25, 0.3) is 0 Å². The molecule has 0 bridgehead atoms. The van der Waals surface area contributed by atoms with Crippen molar-refractivity contribution in [2.75, 3.05) is 13.2 Å². The Labute approximate surface area is 185 Å². The molecule has 1 heterocycles. The summed E-state index contributed by atoms with van der Waals surface area (Å²) in [5.74, 6) is -1.68. The van der Waals surface area contributed by atoms with Gasteiger partial charge in [-0.15, -0.1) is 0 Å². The average molecular weight is 443 g/mol. The van der Waals surface area contributed by atoms with Gasteiger partial charge in [0, 0.05) is 18.1 Å². The van der Waals surface area contributed by atoms with Gasteiger partial charge in [-0.2, -0.15) is 0 Å². The Morgan fingerprint density at radius 1 is 1.06 bits per heavy atom. The van der Waals surface area contributed by atoms with Crippen molar-refractivity contribution in [1.82, 2.24) is 10.2 Å². The molecule has 31 heavy (non-hydrogen) atoms. The highest BCUT2D eigenvalue weighted by Gasteiger charge is 2.35. The summed E-state index contributed by atoms with van der Waals surface area (Å²) < 4.78 is 5.04. The van der Waals surface area contributed by atoms with E-state index in [4.69, 9.17) is 16.3 Å². The lowest BCUT2D eigenvalue weighted by Crippen LogP contribution is -2.31. The molecule has 3 rings (SSSR count). The zero-order chi connectivity index (χ0) is 22.5. The molecule has 3 amide bonds. The fourth-order valence-electron chi connectivity index (χ4n) is 3.11. The SMILES string of the molecule is CC(C)CCN1C(=O)c2ccc(C(=O)OCC(=O)NCc3ccccc3Cl)cc2C1=O. The van der Waals surface area contributed by atoms with Gasteiger partial charge >= 0.3 is 5.97 Å². The van der Waals surface area contributed by atoms with Gasteiger partial charge in [0.05, 0.1) is 16.7 Å². The van der Waals surface area contributed by atoms with Gasteiger partial charge in [-0.3, -0.25) is 19.3 Å². The van der Waals surface area contributed by atoms with Gasteiger partial charge in [-0.25, -0.2) is 4.79 Å². The topological polar surface area (TPSA) is 92.8 Å². The van der Waals surface area contributed by atoms with Crippen molar-refractivity contribution in [1.29, 1.82) is 0 Å². The highest BCUT2D eigenvalue weighted by Crippen LogP contribution is 2.25. The third-order valence-corrected chi connectivity index (χ3v) is 5.27. The first-order valence-corrected chi connectivity index (χ1v) is 10.3. The van der Waals surface area contributed by atoms with E-state index in [-0.39, 0.29) is 29.1 Å². The molecule has 0 spiro atoms. The Kier molecular flexibility index (Phi) is 7.07. The molecule has 7 nitrogen and oxygen atoms in total. The van der Waals surface area contributed by atoms with Crippen LogP contribution in [0.3, 0.4) is 0 Å². The molecule has 0 aromatic heterocycles. The Hall–Kier alpha value is -3.19. The quantitative estimate of drug-likeness (QED) is 0.499. The Bertz CT molecular complexity index is 1030. The maximum atomic E-state index is 12.6. The first-order chi connectivity index (χ1) is 14.8. The number of carbonyl (C=O) groups is 4. The fourth-order valence-corrected chi connectivity index (χ4v) is 3.31. The lowest BCUT2D eigenvalue weighted by atomic mass is 10.1. The summed E-state index contributed by atoms with van der Waals surface area (Å²) in [6.45, 7) is 4.08. The van der Waals surface area contributed by atoms with Crippen molar-refractivity contribution in [2.45, 2.75) is 26.8 Å². The summed E-state index contributed by atoms with van der Waals surface area (Å²) in [6.07, 6.45) is 0.698. The van der Waals surface area contributed by atoms with Crippen molar-refractivity contribution in [2.24, 2.45) is 5.92 Å². The molecule has 162 valence electrons. The number of amides is 3. The number of halogens is 1. The highest BCUT2D eigenvalue weighted by molar-refractivity contribution is 6.31. The van der Waals surface area contributed by atoms with Crippen molar-refractivity contribution in [3.8, 4) is 0 Å². The van der Waals surface area contributed by atoms with E-state index in [1.54, 1.807) is 24.3 Å². The summed E-state index contributed by atoms with van der Waals surface area (Å²) in [5, 5.41) is 3.15. The maximum Gasteiger partial charge on any atom is 0.338 e. The standard InChI is InChI=1S/C23H23ClN2O5/c1-14(2)9-10-26-21(28)17-8-7-15(11-18(17)22(26)29)23(30)31-13-20(27)25-12-16-5-3-4-6-19(16)24/h3-8,11,14H,9-10,12-13H2,1-2H3,(H,25,27). The normalized spacial score (nSPS) is 12.8. The zero-order valence-corrected chi connectivity index (χ0v) is 18.1. The van der Waals surface area contributed by atoms with E-state index < -0.39 is 24.4 Å². The summed E-state index contributed by atoms with van der Waals surface area (Å²) in [4.78, 5) is 50.5. The smallest absolute Gasteiger partial charge is 0.338 e. The van der Waals surface area contributed by atoms with E-state index in [0.717, 1.165) is 5.56 Å². The number of hydrogen-bond donors (Lipinski definition) is 1. The van der Waals surface area contributed by atoms with Crippen LogP contribution in [0.4, 0.5) is 0 Å². The second kappa shape index (κ2) is 9.75. The number of esters is 1. The van der Waals surface area contributed by atoms with Gasteiger partial charge in [0.25, 0.3) is 17.7 Å². The van der Waals surface area contributed by atoms with Crippen LogP contribution in [0.1, 0.15) is 56.9 Å². The van der Waals surface area contributed by atoms with Crippen LogP contribution < -0.4 is 5.32 Å². The number of ether oxygens (including phenoxy) is 1. The first-order valence-electron chi connectivity index (χ1n) is 9.95. The molecule has 1 N–H and O–H groups in total. The van der Waals surface area contributed by atoms with Crippen molar-refractivity contribution in [3.63, 3.8) is 0 Å². The molecule has 1 aliphatic heterocycles. The Balaban J connectivity index is 1.57. The van der Waals surface area contributed by atoms with E-state index in [1.807, 2.05) is 13.8 Å². The van der Waals surface area contributed by atoms with E-state index in [1.165, 1.54) is 23.1 Å². The molecule has 0 atom stereocenters. The molecule has 0 saturated heterocycles. The highest BCUT2D eigenvalue weighted by atomic mass is 35.5. The van der Waals surface area contributed by atoms with E-state index in [9.17, 15) is 19.2 Å². The molecule has 0 unspecified atom stereocenters. The number of carbonyl (C=O) groups excluding carboxylic acids is 4. The minimum absolute atomic E-state index is 0.101. The van der Waals surface area contributed by atoms with Crippen LogP contribution in [0.2, 0.25) is 5.02 Å². The lowest BCUT2D eigenvalue weighted by molar-refractivity contribution is -0.124.